The number of benzene rings is 1. The summed E-state index contributed by atoms with van der Waals surface area (Å²) < 4.78 is 21.4. The Morgan fingerprint density at radius 3 is 1.81 bits per heavy atom. The number of carboxylic acids is 1. The molecule has 1 aromatic carbocycles. The minimum Gasteiger partial charge on any atom is -0.493 e. The van der Waals surface area contributed by atoms with Crippen molar-refractivity contribution in [2.24, 2.45) is 0 Å². The summed E-state index contributed by atoms with van der Waals surface area (Å²) in [5, 5.41) is 9.43. The molecule has 0 radical (unpaired) electrons. The Kier molecular flexibility index (Phi) is 5.62. The van der Waals surface area contributed by atoms with Crippen molar-refractivity contribution in [3.05, 3.63) is 17.7 Å². The molecule has 0 amide bonds. The molecule has 0 fully saturated rings. The molecule has 1 N–H and O–H groups in total. The first-order valence-corrected chi connectivity index (χ1v) is 9.84. The van der Waals surface area contributed by atoms with E-state index in [1.165, 1.54) is 21.3 Å². The molecule has 0 heterocycles. The fourth-order valence-electron chi connectivity index (χ4n) is 1.87. The Hall–Kier alpha value is -1.73. The summed E-state index contributed by atoms with van der Waals surface area (Å²) in [5.41, 5.74) is 0.458. The van der Waals surface area contributed by atoms with Gasteiger partial charge < -0.3 is 23.7 Å². The van der Waals surface area contributed by atoms with Gasteiger partial charge >= 0.3 is 5.97 Å². The lowest BCUT2D eigenvalue weighted by Crippen LogP contribution is -2.31. The SMILES string of the molecule is COc1cc(C(O[Si](C)(C)C)C(=O)O)cc(OC)c1OC. The highest BCUT2D eigenvalue weighted by Gasteiger charge is 2.29. The van der Waals surface area contributed by atoms with Crippen LogP contribution in [0.4, 0.5) is 0 Å². The fraction of sp³-hybridized carbons (Fsp3) is 0.500. The van der Waals surface area contributed by atoms with Crippen LogP contribution in [0.5, 0.6) is 17.2 Å². The molecule has 0 saturated carbocycles. The molecule has 0 aliphatic carbocycles. The number of carboxylic acid groups (broad SMARTS) is 1. The van der Waals surface area contributed by atoms with Gasteiger partial charge in [0.2, 0.25) is 5.75 Å². The lowest BCUT2D eigenvalue weighted by Gasteiger charge is -2.24. The summed E-state index contributed by atoms with van der Waals surface area (Å²) in [7, 11) is 2.42. The summed E-state index contributed by atoms with van der Waals surface area (Å²) in [4.78, 5) is 11.5. The van der Waals surface area contributed by atoms with E-state index in [1.807, 2.05) is 19.6 Å². The molecule has 0 aromatic heterocycles. The molecule has 118 valence electrons. The highest BCUT2D eigenvalue weighted by molar-refractivity contribution is 6.69. The molecule has 0 aliphatic rings. The summed E-state index contributed by atoms with van der Waals surface area (Å²) in [6.45, 7) is 5.79. The van der Waals surface area contributed by atoms with Crippen LogP contribution in [-0.2, 0) is 9.22 Å². The molecule has 21 heavy (non-hydrogen) atoms. The second-order valence-corrected chi connectivity index (χ2v) is 9.87. The van der Waals surface area contributed by atoms with Gasteiger partial charge in [0.25, 0.3) is 0 Å². The summed E-state index contributed by atoms with van der Waals surface area (Å²) in [6, 6.07) is 3.20. The van der Waals surface area contributed by atoms with Gasteiger partial charge in [-0.15, -0.1) is 0 Å². The molecular formula is C14H22O6Si. The lowest BCUT2D eigenvalue weighted by atomic mass is 10.1. The van der Waals surface area contributed by atoms with Gasteiger partial charge in [-0.05, 0) is 37.3 Å². The van der Waals surface area contributed by atoms with Crippen molar-refractivity contribution in [3.8, 4) is 17.2 Å². The monoisotopic (exact) mass is 314 g/mol. The predicted molar refractivity (Wildman–Crippen MR) is 80.9 cm³/mol. The zero-order valence-electron chi connectivity index (χ0n) is 13.2. The predicted octanol–water partition coefficient (Wildman–Crippen LogP) is 2.69. The second kappa shape index (κ2) is 6.82. The highest BCUT2D eigenvalue weighted by atomic mass is 28.4. The maximum Gasteiger partial charge on any atom is 0.336 e. The third kappa shape index (κ3) is 4.37. The second-order valence-electron chi connectivity index (χ2n) is 5.41. The van der Waals surface area contributed by atoms with Crippen LogP contribution in [0, 0.1) is 0 Å². The van der Waals surface area contributed by atoms with Crippen molar-refractivity contribution in [1.29, 1.82) is 0 Å². The quantitative estimate of drug-likeness (QED) is 0.780. The van der Waals surface area contributed by atoms with E-state index in [2.05, 4.69) is 0 Å². The van der Waals surface area contributed by atoms with Gasteiger partial charge in [-0.2, -0.15) is 0 Å². The first-order valence-electron chi connectivity index (χ1n) is 6.44. The number of aliphatic carboxylic acids is 1. The number of methoxy groups -OCH3 is 3. The molecule has 1 atom stereocenters. The van der Waals surface area contributed by atoms with E-state index in [0.717, 1.165) is 0 Å². The first-order chi connectivity index (χ1) is 9.73. The van der Waals surface area contributed by atoms with Crippen LogP contribution in [0.15, 0.2) is 12.1 Å². The van der Waals surface area contributed by atoms with Crippen molar-refractivity contribution >= 4 is 14.3 Å². The van der Waals surface area contributed by atoms with Gasteiger partial charge in [0.1, 0.15) is 0 Å². The van der Waals surface area contributed by atoms with Crippen LogP contribution >= 0.6 is 0 Å². The highest BCUT2D eigenvalue weighted by Crippen LogP contribution is 2.40. The van der Waals surface area contributed by atoms with Crippen LogP contribution in [0.1, 0.15) is 11.7 Å². The lowest BCUT2D eigenvalue weighted by molar-refractivity contribution is -0.145. The maximum absolute atomic E-state index is 11.5. The van der Waals surface area contributed by atoms with Gasteiger partial charge in [0.05, 0.1) is 21.3 Å². The van der Waals surface area contributed by atoms with E-state index in [9.17, 15) is 9.90 Å². The smallest absolute Gasteiger partial charge is 0.336 e. The third-order valence-electron chi connectivity index (χ3n) is 2.69. The fourth-order valence-corrected chi connectivity index (χ4v) is 2.81. The van der Waals surface area contributed by atoms with Crippen molar-refractivity contribution in [2.45, 2.75) is 25.7 Å². The molecule has 7 heteroatoms. The number of ether oxygens (including phenoxy) is 3. The Morgan fingerprint density at radius 1 is 1.05 bits per heavy atom. The third-order valence-corrected chi connectivity index (χ3v) is 3.63. The van der Waals surface area contributed by atoms with E-state index in [0.29, 0.717) is 22.8 Å². The van der Waals surface area contributed by atoms with Gasteiger partial charge in [0, 0.05) is 0 Å². The van der Waals surface area contributed by atoms with E-state index in [4.69, 9.17) is 18.6 Å². The summed E-state index contributed by atoms with van der Waals surface area (Å²) in [5.74, 6) is 0.169. The molecule has 0 spiro atoms. The number of carbonyl (C=O) groups is 1. The molecule has 1 unspecified atom stereocenters. The van der Waals surface area contributed by atoms with Crippen molar-refractivity contribution in [3.63, 3.8) is 0 Å². The number of rotatable bonds is 7. The molecule has 1 aromatic rings. The zero-order chi connectivity index (χ0) is 16.2. The number of hydrogen-bond donors (Lipinski definition) is 1. The minimum absolute atomic E-state index is 0.400. The van der Waals surface area contributed by atoms with Crippen LogP contribution < -0.4 is 14.2 Å². The Morgan fingerprint density at radius 2 is 1.52 bits per heavy atom. The molecule has 0 saturated heterocycles. The molecule has 0 aliphatic heterocycles. The summed E-state index contributed by atoms with van der Waals surface area (Å²) in [6.07, 6.45) is -1.06. The van der Waals surface area contributed by atoms with Gasteiger partial charge in [-0.1, -0.05) is 0 Å². The van der Waals surface area contributed by atoms with Crippen molar-refractivity contribution < 1.29 is 28.5 Å². The van der Waals surface area contributed by atoms with Crippen LogP contribution in [0.25, 0.3) is 0 Å². The molecule has 0 bridgehead atoms. The van der Waals surface area contributed by atoms with E-state index >= 15 is 0 Å². The summed E-state index contributed by atoms with van der Waals surface area (Å²) >= 11 is 0. The average Bonchev–Trinajstić information content (AvgIpc) is 2.41. The minimum atomic E-state index is -2.04. The largest absolute Gasteiger partial charge is 0.493 e. The van der Waals surface area contributed by atoms with E-state index in [1.54, 1.807) is 12.1 Å². The molecule has 1 rings (SSSR count). The van der Waals surface area contributed by atoms with Gasteiger partial charge in [-0.25, -0.2) is 4.79 Å². The standard InChI is InChI=1S/C14H22O6Si/c1-17-10-7-9(8-11(18-2)13(10)19-3)12(14(15)16)20-21(4,5)6/h7-8,12H,1-6H3,(H,15,16). The first kappa shape index (κ1) is 17.3. The van der Waals surface area contributed by atoms with Gasteiger partial charge in [0.15, 0.2) is 25.9 Å². The van der Waals surface area contributed by atoms with Gasteiger partial charge in [-0.3, -0.25) is 0 Å². The Labute approximate surface area is 125 Å². The topological polar surface area (TPSA) is 74.2 Å². The normalized spacial score (nSPS) is 12.7. The maximum atomic E-state index is 11.5. The average molecular weight is 314 g/mol. The van der Waals surface area contributed by atoms with E-state index < -0.39 is 20.4 Å². The Bertz CT molecular complexity index is 484. The Balaban J connectivity index is 3.35. The molecular weight excluding hydrogens is 292 g/mol. The van der Waals surface area contributed by atoms with Crippen molar-refractivity contribution in [2.75, 3.05) is 21.3 Å². The van der Waals surface area contributed by atoms with Crippen LogP contribution in [0.2, 0.25) is 19.6 Å². The van der Waals surface area contributed by atoms with Crippen LogP contribution in [-0.4, -0.2) is 40.7 Å². The zero-order valence-corrected chi connectivity index (χ0v) is 14.2. The molecule has 6 nitrogen and oxygen atoms in total. The van der Waals surface area contributed by atoms with Crippen LogP contribution in [0.3, 0.4) is 0 Å². The number of hydrogen-bond acceptors (Lipinski definition) is 5. The van der Waals surface area contributed by atoms with Crippen molar-refractivity contribution in [1.82, 2.24) is 0 Å². The van der Waals surface area contributed by atoms with E-state index in [-0.39, 0.29) is 0 Å².